The number of nitrogens with zero attached hydrogens (tertiary/aromatic N) is 1. The summed E-state index contributed by atoms with van der Waals surface area (Å²) < 4.78 is 6.18. The molecule has 0 atom stereocenters. The first kappa shape index (κ1) is 18.4. The Labute approximate surface area is 169 Å². The lowest BCUT2D eigenvalue weighted by Gasteiger charge is -2.06. The van der Waals surface area contributed by atoms with E-state index in [1.165, 1.54) is 6.92 Å². The molecule has 4 aromatic rings. The fraction of sp³-hybridized carbons (Fsp3) is 0.0400. The number of nitrogens with one attached hydrogen (secondary N) is 1. The molecule has 1 heterocycles. The van der Waals surface area contributed by atoms with Crippen molar-refractivity contribution in [2.75, 3.05) is 5.32 Å². The lowest BCUT2D eigenvalue weighted by molar-refractivity contribution is -0.114. The minimum Gasteiger partial charge on any atom is -0.456 e. The average molecular weight is 380 g/mol. The van der Waals surface area contributed by atoms with Crippen LogP contribution in [0.3, 0.4) is 0 Å². The van der Waals surface area contributed by atoms with Crippen LogP contribution in [-0.2, 0) is 4.79 Å². The van der Waals surface area contributed by atoms with Crippen molar-refractivity contribution in [2.45, 2.75) is 6.92 Å². The molecule has 0 bridgehead atoms. The van der Waals surface area contributed by atoms with Crippen molar-refractivity contribution in [3.63, 3.8) is 0 Å². The fourth-order valence-electron chi connectivity index (χ4n) is 3.01. The lowest BCUT2D eigenvalue weighted by Crippen LogP contribution is -2.05. The first-order valence-corrected chi connectivity index (χ1v) is 9.36. The van der Waals surface area contributed by atoms with E-state index < -0.39 is 0 Å². The van der Waals surface area contributed by atoms with Gasteiger partial charge in [-0.3, -0.25) is 4.79 Å². The Bertz CT molecular complexity index is 1120. The van der Waals surface area contributed by atoms with Gasteiger partial charge in [-0.25, -0.2) is 4.99 Å². The number of carbonyl (C=O) groups is 1. The predicted octanol–water partition coefficient (Wildman–Crippen LogP) is 5.80. The van der Waals surface area contributed by atoms with E-state index in [1.807, 2.05) is 97.1 Å². The Morgan fingerprint density at radius 3 is 1.76 bits per heavy atom. The molecule has 4 rings (SSSR count). The van der Waals surface area contributed by atoms with E-state index in [4.69, 9.17) is 9.41 Å². The van der Waals surface area contributed by atoms with E-state index >= 15 is 0 Å². The highest BCUT2D eigenvalue weighted by atomic mass is 16.3. The second-order valence-electron chi connectivity index (χ2n) is 6.62. The van der Waals surface area contributed by atoms with Gasteiger partial charge >= 0.3 is 0 Å². The van der Waals surface area contributed by atoms with Crippen molar-refractivity contribution in [1.29, 1.82) is 0 Å². The Morgan fingerprint density at radius 2 is 1.28 bits per heavy atom. The zero-order valence-electron chi connectivity index (χ0n) is 16.0. The third kappa shape index (κ3) is 4.68. The topological polar surface area (TPSA) is 54.6 Å². The molecule has 1 aromatic heterocycles. The number of benzene rings is 3. The van der Waals surface area contributed by atoms with Crippen molar-refractivity contribution in [3.8, 4) is 22.6 Å². The second kappa shape index (κ2) is 8.40. The van der Waals surface area contributed by atoms with E-state index in [1.54, 1.807) is 0 Å². The minimum absolute atomic E-state index is 0.0978. The van der Waals surface area contributed by atoms with E-state index in [0.29, 0.717) is 0 Å². The summed E-state index contributed by atoms with van der Waals surface area (Å²) in [4.78, 5) is 15.9. The summed E-state index contributed by atoms with van der Waals surface area (Å²) >= 11 is 0. The Hall–Kier alpha value is -3.92. The van der Waals surface area contributed by atoms with E-state index in [-0.39, 0.29) is 5.91 Å². The molecule has 1 amide bonds. The van der Waals surface area contributed by atoms with E-state index in [9.17, 15) is 4.79 Å². The fourth-order valence-corrected chi connectivity index (χ4v) is 3.01. The van der Waals surface area contributed by atoms with Gasteiger partial charge in [-0.15, -0.1) is 0 Å². The van der Waals surface area contributed by atoms with Gasteiger partial charge in [0.05, 0.1) is 11.0 Å². The summed E-state index contributed by atoms with van der Waals surface area (Å²) in [5.74, 6) is 1.40. The van der Waals surface area contributed by atoms with Gasteiger partial charge in [0.25, 0.3) is 0 Å². The van der Waals surface area contributed by atoms with E-state index in [0.717, 1.165) is 39.4 Å². The normalized spacial score (nSPS) is 10.4. The first-order chi connectivity index (χ1) is 14.2. The van der Waals surface area contributed by atoms with Crippen molar-refractivity contribution >= 4 is 17.3 Å². The van der Waals surface area contributed by atoms with Crippen LogP contribution < -0.4 is 10.7 Å². The molecule has 29 heavy (non-hydrogen) atoms. The summed E-state index contributed by atoms with van der Waals surface area (Å²) in [6.45, 7) is 1.49. The standard InChI is InChI=1S/C25H20N2O2/c1-18(28)26-21-12-14-22(15-13-21)27-23-16-24(19-8-4-2-5-9-19)29-25(17-23)20-10-6-3-7-11-20/h2-17H,1H3,(H,26,28). The van der Waals surface area contributed by atoms with Gasteiger partial charge in [0.1, 0.15) is 11.5 Å². The molecule has 0 aliphatic carbocycles. The zero-order valence-corrected chi connectivity index (χ0v) is 16.0. The number of hydrogen-bond donors (Lipinski definition) is 1. The first-order valence-electron chi connectivity index (χ1n) is 9.36. The van der Waals surface area contributed by atoms with Crippen LogP contribution in [0.2, 0.25) is 0 Å². The molecule has 4 nitrogen and oxygen atoms in total. The molecule has 0 saturated heterocycles. The summed E-state index contributed by atoms with van der Waals surface area (Å²) in [5, 5.41) is 3.55. The Kier molecular flexibility index (Phi) is 5.34. The third-order valence-corrected chi connectivity index (χ3v) is 4.34. The summed E-state index contributed by atoms with van der Waals surface area (Å²) in [5.41, 5.74) is 3.52. The number of hydrogen-bond acceptors (Lipinski definition) is 3. The van der Waals surface area contributed by atoms with Gasteiger partial charge < -0.3 is 9.73 Å². The predicted molar refractivity (Wildman–Crippen MR) is 116 cm³/mol. The van der Waals surface area contributed by atoms with Crippen LogP contribution in [0, 0.1) is 0 Å². The summed E-state index contributed by atoms with van der Waals surface area (Å²) in [7, 11) is 0. The van der Waals surface area contributed by atoms with Crippen molar-refractivity contribution in [2.24, 2.45) is 4.99 Å². The van der Waals surface area contributed by atoms with Crippen LogP contribution >= 0.6 is 0 Å². The second-order valence-corrected chi connectivity index (χ2v) is 6.62. The SMILES string of the molecule is CC(=O)Nc1ccc(N=c2cc(-c3ccccc3)oc(-c3ccccc3)c2)cc1. The largest absolute Gasteiger partial charge is 0.456 e. The molecule has 0 aliphatic rings. The summed E-state index contributed by atoms with van der Waals surface area (Å²) in [6, 6.07) is 31.2. The maximum Gasteiger partial charge on any atom is 0.221 e. The van der Waals surface area contributed by atoms with Crippen LogP contribution in [0.1, 0.15) is 6.92 Å². The average Bonchev–Trinajstić information content (AvgIpc) is 2.76. The quantitative estimate of drug-likeness (QED) is 0.486. The maximum absolute atomic E-state index is 11.2. The molecular formula is C25H20N2O2. The molecule has 0 unspecified atom stereocenters. The smallest absolute Gasteiger partial charge is 0.221 e. The highest BCUT2D eigenvalue weighted by Crippen LogP contribution is 2.25. The lowest BCUT2D eigenvalue weighted by atomic mass is 10.1. The number of amides is 1. The van der Waals surface area contributed by atoms with Gasteiger partial charge in [-0.2, -0.15) is 0 Å². The molecule has 142 valence electrons. The van der Waals surface area contributed by atoms with Gasteiger partial charge in [0, 0.05) is 35.9 Å². The van der Waals surface area contributed by atoms with E-state index in [2.05, 4.69) is 5.32 Å². The van der Waals surface area contributed by atoms with Crippen LogP contribution in [0.15, 0.2) is 106 Å². The van der Waals surface area contributed by atoms with Gasteiger partial charge in [0.15, 0.2) is 0 Å². The monoisotopic (exact) mass is 380 g/mol. The van der Waals surface area contributed by atoms with Crippen molar-refractivity contribution in [3.05, 3.63) is 102 Å². The zero-order chi connectivity index (χ0) is 20.1. The highest BCUT2D eigenvalue weighted by molar-refractivity contribution is 5.88. The maximum atomic E-state index is 11.2. The van der Waals surface area contributed by atoms with Gasteiger partial charge in [-0.05, 0) is 24.3 Å². The number of rotatable bonds is 4. The molecule has 3 aromatic carbocycles. The van der Waals surface area contributed by atoms with Gasteiger partial charge in [-0.1, -0.05) is 60.7 Å². The van der Waals surface area contributed by atoms with Crippen molar-refractivity contribution in [1.82, 2.24) is 0 Å². The summed E-state index contributed by atoms with van der Waals surface area (Å²) in [6.07, 6.45) is 0. The number of carbonyl (C=O) groups excluding carboxylic acids is 1. The molecule has 4 heteroatoms. The minimum atomic E-state index is -0.0978. The molecule has 0 saturated carbocycles. The Morgan fingerprint density at radius 1 is 0.759 bits per heavy atom. The van der Waals surface area contributed by atoms with Crippen LogP contribution in [0.25, 0.3) is 22.6 Å². The molecule has 0 radical (unpaired) electrons. The van der Waals surface area contributed by atoms with Gasteiger partial charge in [0.2, 0.25) is 5.91 Å². The molecular weight excluding hydrogens is 360 g/mol. The van der Waals surface area contributed by atoms with Crippen LogP contribution in [0.4, 0.5) is 11.4 Å². The van der Waals surface area contributed by atoms with Crippen molar-refractivity contribution < 1.29 is 9.21 Å². The molecule has 0 spiro atoms. The Balaban J connectivity index is 1.80. The number of anilines is 1. The van der Waals surface area contributed by atoms with Crippen LogP contribution in [0.5, 0.6) is 0 Å². The molecule has 1 N–H and O–H groups in total. The molecule has 0 fully saturated rings. The molecule has 0 aliphatic heterocycles. The third-order valence-electron chi connectivity index (χ3n) is 4.34. The van der Waals surface area contributed by atoms with Crippen LogP contribution in [-0.4, -0.2) is 5.91 Å². The highest BCUT2D eigenvalue weighted by Gasteiger charge is 2.06.